The lowest BCUT2D eigenvalue weighted by Gasteiger charge is -2.37. The maximum Gasteiger partial charge on any atom is 0.0594 e. The Bertz CT molecular complexity index is 154. The molecule has 1 saturated heterocycles. The first-order valence-corrected chi connectivity index (χ1v) is 5.44. The Hall–Kier alpha value is -0.160. The third-order valence-electron chi connectivity index (χ3n) is 2.86. The molecular formula is C10H23N3O. The quantitative estimate of drug-likeness (QED) is 0.615. The van der Waals surface area contributed by atoms with Crippen molar-refractivity contribution in [3.8, 4) is 0 Å². The fourth-order valence-corrected chi connectivity index (χ4v) is 1.71. The molecule has 0 spiro atoms. The summed E-state index contributed by atoms with van der Waals surface area (Å²) in [7, 11) is 2.19. The predicted octanol–water partition coefficient (Wildman–Crippen LogP) is -0.402. The zero-order valence-electron chi connectivity index (χ0n) is 9.41. The number of hydrogen-bond acceptors (Lipinski definition) is 4. The van der Waals surface area contributed by atoms with Crippen LogP contribution in [0.4, 0.5) is 0 Å². The molecule has 0 bridgehead atoms. The van der Waals surface area contributed by atoms with Gasteiger partial charge in [-0.25, -0.2) is 0 Å². The van der Waals surface area contributed by atoms with Gasteiger partial charge in [-0.3, -0.25) is 4.90 Å². The van der Waals surface area contributed by atoms with Gasteiger partial charge in [0.05, 0.1) is 13.2 Å². The van der Waals surface area contributed by atoms with E-state index in [9.17, 15) is 0 Å². The second kappa shape index (κ2) is 6.35. The average molecular weight is 201 g/mol. The summed E-state index contributed by atoms with van der Waals surface area (Å²) in [5.41, 5.74) is 5.34. The van der Waals surface area contributed by atoms with Crippen molar-refractivity contribution in [2.24, 2.45) is 5.73 Å². The zero-order chi connectivity index (χ0) is 10.4. The van der Waals surface area contributed by atoms with Gasteiger partial charge in [-0.1, -0.05) is 0 Å². The first-order valence-electron chi connectivity index (χ1n) is 5.44. The maximum absolute atomic E-state index is 5.37. The largest absolute Gasteiger partial charge is 0.379 e. The lowest BCUT2D eigenvalue weighted by atomic mass is 10.2. The van der Waals surface area contributed by atoms with Crippen LogP contribution in [0, 0.1) is 0 Å². The van der Waals surface area contributed by atoms with Crippen molar-refractivity contribution in [1.82, 2.24) is 9.80 Å². The molecule has 0 radical (unpaired) electrons. The Labute approximate surface area is 87.0 Å². The van der Waals surface area contributed by atoms with E-state index in [2.05, 4.69) is 23.8 Å². The molecule has 1 rings (SSSR count). The van der Waals surface area contributed by atoms with E-state index in [1.54, 1.807) is 0 Å². The van der Waals surface area contributed by atoms with Crippen molar-refractivity contribution in [1.29, 1.82) is 0 Å². The number of nitrogens with two attached hydrogens (primary N) is 1. The molecule has 4 heteroatoms. The van der Waals surface area contributed by atoms with Crippen molar-refractivity contribution < 1.29 is 4.74 Å². The summed E-state index contributed by atoms with van der Waals surface area (Å²) in [4.78, 5) is 4.86. The molecule has 4 nitrogen and oxygen atoms in total. The molecule has 2 N–H and O–H groups in total. The van der Waals surface area contributed by atoms with E-state index in [1.807, 2.05) is 0 Å². The number of piperazine rings is 1. The average Bonchev–Trinajstić information content (AvgIpc) is 2.18. The predicted molar refractivity (Wildman–Crippen MR) is 58.4 cm³/mol. The molecule has 1 unspecified atom stereocenters. The highest BCUT2D eigenvalue weighted by Crippen LogP contribution is 2.05. The van der Waals surface area contributed by atoms with Crippen molar-refractivity contribution in [3.05, 3.63) is 0 Å². The minimum atomic E-state index is 0.624. The van der Waals surface area contributed by atoms with Crippen molar-refractivity contribution in [3.63, 3.8) is 0 Å². The molecular weight excluding hydrogens is 178 g/mol. The van der Waals surface area contributed by atoms with E-state index in [0.717, 1.165) is 32.8 Å². The van der Waals surface area contributed by atoms with Gasteiger partial charge in [0, 0.05) is 38.8 Å². The highest BCUT2D eigenvalue weighted by molar-refractivity contribution is 4.76. The van der Waals surface area contributed by atoms with Crippen molar-refractivity contribution in [2.45, 2.75) is 13.0 Å². The number of hydrogen-bond donors (Lipinski definition) is 1. The Balaban J connectivity index is 2.07. The van der Waals surface area contributed by atoms with Gasteiger partial charge in [-0.2, -0.15) is 0 Å². The molecule has 0 aromatic carbocycles. The number of likely N-dealkylation sites (N-methyl/N-ethyl adjacent to an activating group) is 1. The smallest absolute Gasteiger partial charge is 0.0594 e. The SMILES string of the molecule is CC1CN(CCOCCN)CCN1C. The van der Waals surface area contributed by atoms with Crippen LogP contribution < -0.4 is 5.73 Å². The monoisotopic (exact) mass is 201 g/mol. The van der Waals surface area contributed by atoms with Gasteiger partial charge in [0.15, 0.2) is 0 Å². The minimum Gasteiger partial charge on any atom is -0.379 e. The standard InChI is InChI=1S/C10H23N3O/c1-10-9-13(5-4-12(10)2)6-8-14-7-3-11/h10H,3-9,11H2,1-2H3. The Morgan fingerprint density at radius 1 is 1.36 bits per heavy atom. The molecule has 1 aliphatic rings. The fourth-order valence-electron chi connectivity index (χ4n) is 1.71. The van der Waals surface area contributed by atoms with Gasteiger partial charge in [0.2, 0.25) is 0 Å². The second-order valence-corrected chi connectivity index (χ2v) is 4.03. The van der Waals surface area contributed by atoms with Gasteiger partial charge in [0.1, 0.15) is 0 Å². The Morgan fingerprint density at radius 2 is 2.14 bits per heavy atom. The van der Waals surface area contributed by atoms with Crippen LogP contribution in [0.15, 0.2) is 0 Å². The highest BCUT2D eigenvalue weighted by Gasteiger charge is 2.19. The summed E-state index contributed by atoms with van der Waals surface area (Å²) in [6, 6.07) is 0.665. The van der Waals surface area contributed by atoms with E-state index in [1.165, 1.54) is 0 Å². The third kappa shape index (κ3) is 3.92. The van der Waals surface area contributed by atoms with Crippen LogP contribution in [0.25, 0.3) is 0 Å². The molecule has 0 aromatic heterocycles. The number of rotatable bonds is 5. The van der Waals surface area contributed by atoms with E-state index in [0.29, 0.717) is 19.2 Å². The van der Waals surface area contributed by atoms with Crippen molar-refractivity contribution >= 4 is 0 Å². The van der Waals surface area contributed by atoms with Crippen LogP contribution in [-0.4, -0.2) is 68.8 Å². The summed E-state index contributed by atoms with van der Waals surface area (Å²) in [5.74, 6) is 0. The lowest BCUT2D eigenvalue weighted by Crippen LogP contribution is -2.50. The molecule has 84 valence electrons. The zero-order valence-corrected chi connectivity index (χ0v) is 9.41. The van der Waals surface area contributed by atoms with Crippen LogP contribution in [0.1, 0.15) is 6.92 Å². The van der Waals surface area contributed by atoms with Crippen LogP contribution in [0.2, 0.25) is 0 Å². The summed E-state index contributed by atoms with van der Waals surface area (Å²) in [5, 5.41) is 0. The van der Waals surface area contributed by atoms with E-state index < -0.39 is 0 Å². The molecule has 14 heavy (non-hydrogen) atoms. The van der Waals surface area contributed by atoms with Crippen LogP contribution in [-0.2, 0) is 4.74 Å². The summed E-state index contributed by atoms with van der Waals surface area (Å²) >= 11 is 0. The van der Waals surface area contributed by atoms with Gasteiger partial charge in [-0.15, -0.1) is 0 Å². The second-order valence-electron chi connectivity index (χ2n) is 4.03. The van der Waals surface area contributed by atoms with Gasteiger partial charge < -0.3 is 15.4 Å². The van der Waals surface area contributed by atoms with Crippen LogP contribution in [0.5, 0.6) is 0 Å². The molecule has 0 saturated carbocycles. The first kappa shape index (κ1) is 11.9. The van der Waals surface area contributed by atoms with Crippen molar-refractivity contribution in [2.75, 3.05) is 53.0 Å². The molecule has 1 heterocycles. The highest BCUT2D eigenvalue weighted by atomic mass is 16.5. The molecule has 1 fully saturated rings. The maximum atomic E-state index is 5.37. The van der Waals surface area contributed by atoms with Crippen LogP contribution >= 0.6 is 0 Å². The normalized spacial score (nSPS) is 25.5. The number of nitrogens with zero attached hydrogens (tertiary/aromatic N) is 2. The molecule has 1 aliphatic heterocycles. The lowest BCUT2D eigenvalue weighted by molar-refractivity contribution is 0.0645. The Kier molecular flexibility index (Phi) is 5.40. The van der Waals surface area contributed by atoms with Crippen LogP contribution in [0.3, 0.4) is 0 Å². The molecule has 0 aliphatic carbocycles. The summed E-state index contributed by atoms with van der Waals surface area (Å²) in [6.07, 6.45) is 0. The molecule has 1 atom stereocenters. The van der Waals surface area contributed by atoms with E-state index in [4.69, 9.17) is 10.5 Å². The molecule has 0 amide bonds. The first-order chi connectivity index (χ1) is 6.74. The summed E-state index contributed by atoms with van der Waals surface area (Å²) < 4.78 is 5.37. The fraction of sp³-hybridized carbons (Fsp3) is 1.00. The van der Waals surface area contributed by atoms with Gasteiger partial charge in [-0.05, 0) is 14.0 Å². The van der Waals surface area contributed by atoms with Gasteiger partial charge >= 0.3 is 0 Å². The van der Waals surface area contributed by atoms with Gasteiger partial charge in [0.25, 0.3) is 0 Å². The topological polar surface area (TPSA) is 41.7 Å². The van der Waals surface area contributed by atoms with E-state index in [-0.39, 0.29) is 0 Å². The summed E-state index contributed by atoms with van der Waals surface area (Å²) in [6.45, 7) is 8.91. The molecule has 0 aromatic rings. The Morgan fingerprint density at radius 3 is 2.79 bits per heavy atom. The minimum absolute atomic E-state index is 0.624. The number of ether oxygens (including phenoxy) is 1. The third-order valence-corrected chi connectivity index (χ3v) is 2.86. The van der Waals surface area contributed by atoms with E-state index >= 15 is 0 Å².